The van der Waals surface area contributed by atoms with E-state index in [9.17, 15) is 35.4 Å². The van der Waals surface area contributed by atoms with Crippen molar-refractivity contribution in [2.45, 2.75) is 307 Å². The first-order valence-electron chi connectivity index (χ1n) is 26.3. The maximum Gasteiger partial charge on any atom is 0.220 e. The van der Waals surface area contributed by atoms with Crippen molar-refractivity contribution in [3.05, 3.63) is 0 Å². The lowest BCUT2D eigenvalue weighted by atomic mass is 9.98. The van der Waals surface area contributed by atoms with Gasteiger partial charge in [0.15, 0.2) is 6.29 Å². The average molecular weight is 872 g/mol. The van der Waals surface area contributed by atoms with Crippen LogP contribution in [-0.2, 0) is 14.3 Å². The molecule has 0 bridgehead atoms. The minimum Gasteiger partial charge on any atom is -0.394 e. The lowest BCUT2D eigenvalue weighted by Gasteiger charge is -2.40. The summed E-state index contributed by atoms with van der Waals surface area (Å²) in [5.41, 5.74) is 0. The fourth-order valence-corrected chi connectivity index (χ4v) is 8.79. The van der Waals surface area contributed by atoms with Crippen LogP contribution in [0.2, 0.25) is 0 Å². The van der Waals surface area contributed by atoms with Crippen molar-refractivity contribution in [2.24, 2.45) is 0 Å². The number of hydrogen-bond donors (Lipinski definition) is 7. The number of amides is 1. The molecule has 8 atom stereocenters. The van der Waals surface area contributed by atoms with Crippen molar-refractivity contribution in [1.29, 1.82) is 0 Å². The number of carbonyl (C=O) groups excluding carboxylic acids is 1. The molecule has 1 heterocycles. The smallest absolute Gasteiger partial charge is 0.220 e. The zero-order chi connectivity index (χ0) is 44.6. The first-order valence-corrected chi connectivity index (χ1v) is 26.3. The molecule has 1 saturated heterocycles. The van der Waals surface area contributed by atoms with Crippen LogP contribution in [0.1, 0.15) is 258 Å². The summed E-state index contributed by atoms with van der Waals surface area (Å²) in [6.07, 6.45) is 36.9. The quantitative estimate of drug-likeness (QED) is 0.0295. The van der Waals surface area contributed by atoms with Crippen LogP contribution in [-0.4, -0.2) is 98.7 Å². The Labute approximate surface area is 375 Å². The summed E-state index contributed by atoms with van der Waals surface area (Å²) < 4.78 is 11.2. The van der Waals surface area contributed by atoms with Gasteiger partial charge in [0.1, 0.15) is 30.5 Å². The highest BCUT2D eigenvalue weighted by Gasteiger charge is 2.44. The van der Waals surface area contributed by atoms with E-state index in [2.05, 4.69) is 19.2 Å². The highest BCUT2D eigenvalue weighted by Crippen LogP contribution is 2.23. The average Bonchev–Trinajstić information content (AvgIpc) is 3.26. The Morgan fingerprint density at radius 1 is 0.508 bits per heavy atom. The van der Waals surface area contributed by atoms with E-state index in [1.54, 1.807) is 0 Å². The molecule has 10 nitrogen and oxygen atoms in total. The number of rotatable bonds is 45. The van der Waals surface area contributed by atoms with Gasteiger partial charge in [0, 0.05) is 6.42 Å². The minimum absolute atomic E-state index is 0.252. The molecule has 0 spiro atoms. The predicted molar refractivity (Wildman–Crippen MR) is 250 cm³/mol. The molecule has 1 aliphatic heterocycles. The van der Waals surface area contributed by atoms with Crippen LogP contribution in [0, 0.1) is 0 Å². The molecular weight excluding hydrogens is 771 g/mol. The van der Waals surface area contributed by atoms with Crippen molar-refractivity contribution in [2.75, 3.05) is 13.2 Å². The SMILES string of the molecule is CCCCCCCCCCCCCCCCCCCCCCCCCC(=O)N[C@@H](COC1OC(CO)C(O)C(O)C1O)[C@H](O)[C@H](O)CCCCCCCCCCCCCCC. The lowest BCUT2D eigenvalue weighted by Crippen LogP contribution is -2.60. The number of nitrogens with one attached hydrogen (secondary N) is 1. The zero-order valence-corrected chi connectivity index (χ0v) is 39.8. The molecule has 0 aliphatic carbocycles. The molecule has 1 aliphatic rings. The highest BCUT2D eigenvalue weighted by molar-refractivity contribution is 5.76. The molecule has 0 saturated carbocycles. The monoisotopic (exact) mass is 872 g/mol. The topological polar surface area (TPSA) is 169 Å². The summed E-state index contributed by atoms with van der Waals surface area (Å²) in [5.74, 6) is -0.252. The maximum absolute atomic E-state index is 13.0. The summed E-state index contributed by atoms with van der Waals surface area (Å²) in [7, 11) is 0. The third-order valence-electron chi connectivity index (χ3n) is 13.1. The Morgan fingerprint density at radius 2 is 0.852 bits per heavy atom. The third kappa shape index (κ3) is 31.6. The molecule has 1 rings (SSSR count). The molecule has 0 aromatic heterocycles. The maximum atomic E-state index is 13.0. The first-order chi connectivity index (χ1) is 29.8. The molecule has 364 valence electrons. The Bertz CT molecular complexity index is 942. The molecule has 7 N–H and O–H groups in total. The van der Waals surface area contributed by atoms with Gasteiger partial charge in [-0.3, -0.25) is 4.79 Å². The van der Waals surface area contributed by atoms with Crippen LogP contribution in [0.15, 0.2) is 0 Å². The highest BCUT2D eigenvalue weighted by atomic mass is 16.7. The van der Waals surface area contributed by atoms with E-state index in [0.29, 0.717) is 6.42 Å². The lowest BCUT2D eigenvalue weighted by molar-refractivity contribution is -0.303. The summed E-state index contributed by atoms with van der Waals surface area (Å²) in [5, 5.41) is 65.3. The van der Waals surface area contributed by atoms with Gasteiger partial charge in [-0.1, -0.05) is 239 Å². The molecule has 61 heavy (non-hydrogen) atoms. The third-order valence-corrected chi connectivity index (χ3v) is 13.1. The van der Waals surface area contributed by atoms with Crippen molar-refractivity contribution < 1.29 is 44.9 Å². The van der Waals surface area contributed by atoms with Crippen molar-refractivity contribution in [3.63, 3.8) is 0 Å². The number of aliphatic hydroxyl groups is 6. The standard InChI is InChI=1S/C51H101NO9/c1-3-5-7-9-11-13-15-17-18-19-20-21-22-23-24-25-26-28-30-32-34-36-38-40-46(55)52-43(42-60-51-50(59)49(58)48(57)45(41-53)61-51)47(56)44(54)39-37-35-33-31-29-27-16-14-12-10-8-6-4-2/h43-45,47-51,53-54,56-59H,3-42H2,1-2H3,(H,52,55)/t43-,44+,45?,47-,48?,49?,50?,51?/m0/s1. The van der Waals surface area contributed by atoms with Gasteiger partial charge in [-0.2, -0.15) is 0 Å². The Kier molecular flexibility index (Phi) is 39.9. The minimum atomic E-state index is -1.60. The molecule has 5 unspecified atom stereocenters. The fraction of sp³-hybridized carbons (Fsp3) is 0.980. The summed E-state index contributed by atoms with van der Waals surface area (Å²) in [4.78, 5) is 13.0. The van der Waals surface area contributed by atoms with Crippen LogP contribution < -0.4 is 5.32 Å². The predicted octanol–water partition coefficient (Wildman–Crippen LogP) is 10.9. The van der Waals surface area contributed by atoms with E-state index in [-0.39, 0.29) is 18.9 Å². The largest absolute Gasteiger partial charge is 0.394 e. The molecule has 1 fully saturated rings. The normalized spacial score (nSPS) is 20.8. The number of hydrogen-bond acceptors (Lipinski definition) is 9. The second-order valence-electron chi connectivity index (χ2n) is 18.8. The van der Waals surface area contributed by atoms with Gasteiger partial charge in [-0.05, 0) is 12.8 Å². The van der Waals surface area contributed by atoms with Crippen LogP contribution in [0.5, 0.6) is 0 Å². The van der Waals surface area contributed by atoms with Crippen molar-refractivity contribution in [3.8, 4) is 0 Å². The van der Waals surface area contributed by atoms with E-state index >= 15 is 0 Å². The molecule has 0 aromatic carbocycles. The summed E-state index contributed by atoms with van der Waals surface area (Å²) in [6, 6.07) is -0.985. The van der Waals surface area contributed by atoms with Crippen LogP contribution in [0.3, 0.4) is 0 Å². The van der Waals surface area contributed by atoms with E-state index in [4.69, 9.17) is 9.47 Å². The second kappa shape index (κ2) is 41.8. The summed E-state index contributed by atoms with van der Waals surface area (Å²) >= 11 is 0. The molecular formula is C51H101NO9. The Hall–Kier alpha value is -0.850. The number of aliphatic hydroxyl groups excluding tert-OH is 6. The van der Waals surface area contributed by atoms with Crippen LogP contribution >= 0.6 is 0 Å². The number of ether oxygens (including phenoxy) is 2. The van der Waals surface area contributed by atoms with E-state index in [1.807, 2.05) is 0 Å². The van der Waals surface area contributed by atoms with Gasteiger partial charge in [-0.25, -0.2) is 0 Å². The second-order valence-corrected chi connectivity index (χ2v) is 18.8. The molecule has 0 radical (unpaired) electrons. The van der Waals surface area contributed by atoms with E-state index < -0.39 is 55.6 Å². The molecule has 10 heteroatoms. The van der Waals surface area contributed by atoms with Gasteiger partial charge in [0.25, 0.3) is 0 Å². The summed E-state index contributed by atoms with van der Waals surface area (Å²) in [6.45, 7) is 3.64. The number of carbonyl (C=O) groups is 1. The zero-order valence-electron chi connectivity index (χ0n) is 39.8. The van der Waals surface area contributed by atoms with Gasteiger partial charge in [0.05, 0.1) is 25.4 Å². The van der Waals surface area contributed by atoms with E-state index in [1.165, 1.54) is 193 Å². The molecule has 1 amide bonds. The Balaban J connectivity index is 2.26. The van der Waals surface area contributed by atoms with Crippen molar-refractivity contribution in [1.82, 2.24) is 5.32 Å². The van der Waals surface area contributed by atoms with E-state index in [0.717, 1.165) is 38.5 Å². The molecule has 0 aromatic rings. The van der Waals surface area contributed by atoms with Gasteiger partial charge in [-0.15, -0.1) is 0 Å². The van der Waals surface area contributed by atoms with Crippen molar-refractivity contribution >= 4 is 5.91 Å². The number of unbranched alkanes of at least 4 members (excludes halogenated alkanes) is 34. The van der Waals surface area contributed by atoms with Gasteiger partial charge < -0.3 is 45.4 Å². The fourth-order valence-electron chi connectivity index (χ4n) is 8.79. The van der Waals surface area contributed by atoms with Gasteiger partial charge >= 0.3 is 0 Å². The van der Waals surface area contributed by atoms with Crippen LogP contribution in [0.4, 0.5) is 0 Å². The van der Waals surface area contributed by atoms with Crippen LogP contribution in [0.25, 0.3) is 0 Å². The van der Waals surface area contributed by atoms with Gasteiger partial charge in [0.2, 0.25) is 5.91 Å². The first kappa shape index (κ1) is 58.2. The Morgan fingerprint density at radius 3 is 1.21 bits per heavy atom.